The van der Waals surface area contributed by atoms with E-state index in [1.165, 1.54) is 0 Å². The lowest BCUT2D eigenvalue weighted by Crippen LogP contribution is -2.20. The molecule has 6 heteroatoms. The molecule has 0 saturated heterocycles. The van der Waals surface area contributed by atoms with Crippen LogP contribution in [0.2, 0.25) is 0 Å². The highest BCUT2D eigenvalue weighted by Gasteiger charge is 2.14. The maximum Gasteiger partial charge on any atom is 0.340 e. The van der Waals surface area contributed by atoms with Crippen LogP contribution >= 0.6 is 22.6 Å². The van der Waals surface area contributed by atoms with Gasteiger partial charge in [0.15, 0.2) is 6.61 Å². The third kappa shape index (κ3) is 3.70. The number of rotatable bonds is 4. The van der Waals surface area contributed by atoms with E-state index in [4.69, 9.17) is 4.74 Å². The molecular weight excluding hydrogens is 407 g/mol. The van der Waals surface area contributed by atoms with Gasteiger partial charge in [0.05, 0.1) is 5.56 Å². The normalized spacial score (nSPS) is 10.5. The lowest BCUT2D eigenvalue weighted by atomic mass is 10.2. The number of para-hydroxylation sites is 1. The van der Waals surface area contributed by atoms with Gasteiger partial charge in [0.2, 0.25) is 0 Å². The number of hydrogen-bond donors (Lipinski definition) is 2. The summed E-state index contributed by atoms with van der Waals surface area (Å²) >= 11 is 2.16. The van der Waals surface area contributed by atoms with Crippen molar-refractivity contribution in [3.8, 4) is 0 Å². The number of fused-ring (bicyclic) bond motifs is 1. The van der Waals surface area contributed by atoms with E-state index < -0.39 is 5.97 Å². The maximum atomic E-state index is 12.1. The fourth-order valence-electron chi connectivity index (χ4n) is 2.21. The smallest absolute Gasteiger partial charge is 0.340 e. The zero-order chi connectivity index (χ0) is 16.2. The van der Waals surface area contributed by atoms with E-state index in [2.05, 4.69) is 32.9 Å². The Labute approximate surface area is 146 Å². The van der Waals surface area contributed by atoms with E-state index in [1.54, 1.807) is 12.3 Å². The van der Waals surface area contributed by atoms with Gasteiger partial charge in [0, 0.05) is 26.4 Å². The Hall–Kier alpha value is -2.35. The van der Waals surface area contributed by atoms with Gasteiger partial charge in [-0.25, -0.2) is 4.79 Å². The van der Waals surface area contributed by atoms with Gasteiger partial charge in [-0.1, -0.05) is 24.3 Å². The first kappa shape index (κ1) is 15.5. The number of halogens is 1. The third-order valence-corrected chi connectivity index (χ3v) is 3.92. The Morgan fingerprint density at radius 1 is 1.13 bits per heavy atom. The molecular formula is C17H13IN2O3. The van der Waals surface area contributed by atoms with Crippen LogP contribution in [0.1, 0.15) is 10.4 Å². The zero-order valence-electron chi connectivity index (χ0n) is 12.0. The van der Waals surface area contributed by atoms with Crippen molar-refractivity contribution >= 4 is 51.1 Å². The second-order valence-corrected chi connectivity index (χ2v) is 6.13. The number of esters is 1. The minimum absolute atomic E-state index is 0.330. The summed E-state index contributed by atoms with van der Waals surface area (Å²) in [6.07, 6.45) is 1.59. The van der Waals surface area contributed by atoms with Crippen LogP contribution in [0.5, 0.6) is 0 Å². The summed E-state index contributed by atoms with van der Waals surface area (Å²) in [6, 6.07) is 14.8. The summed E-state index contributed by atoms with van der Waals surface area (Å²) in [5.74, 6) is -0.902. The number of benzene rings is 2. The van der Waals surface area contributed by atoms with E-state index in [9.17, 15) is 9.59 Å². The van der Waals surface area contributed by atoms with E-state index in [0.717, 1.165) is 14.5 Å². The molecule has 2 N–H and O–H groups in total. The lowest BCUT2D eigenvalue weighted by Gasteiger charge is -2.06. The quantitative estimate of drug-likeness (QED) is 0.501. The Morgan fingerprint density at radius 3 is 2.78 bits per heavy atom. The second kappa shape index (κ2) is 6.82. The molecule has 0 spiro atoms. The van der Waals surface area contributed by atoms with E-state index >= 15 is 0 Å². The highest BCUT2D eigenvalue weighted by Crippen LogP contribution is 2.18. The highest BCUT2D eigenvalue weighted by atomic mass is 127. The summed E-state index contributed by atoms with van der Waals surface area (Å²) in [6.45, 7) is -0.330. The molecule has 116 valence electrons. The predicted molar refractivity (Wildman–Crippen MR) is 96.4 cm³/mol. The van der Waals surface area contributed by atoms with Crippen LogP contribution in [0, 0.1) is 3.57 Å². The Kier molecular flexibility index (Phi) is 4.61. The minimum Gasteiger partial charge on any atom is -0.452 e. The first-order chi connectivity index (χ1) is 11.1. The molecule has 0 atom stereocenters. The van der Waals surface area contributed by atoms with Gasteiger partial charge in [0.1, 0.15) is 0 Å². The summed E-state index contributed by atoms with van der Waals surface area (Å²) in [4.78, 5) is 27.0. The van der Waals surface area contributed by atoms with Crippen molar-refractivity contribution < 1.29 is 14.3 Å². The van der Waals surface area contributed by atoms with Gasteiger partial charge in [-0.15, -0.1) is 0 Å². The van der Waals surface area contributed by atoms with Crippen LogP contribution in [0.25, 0.3) is 10.9 Å². The number of hydrogen-bond acceptors (Lipinski definition) is 3. The summed E-state index contributed by atoms with van der Waals surface area (Å²) in [5.41, 5.74) is 1.94. The molecule has 3 aromatic rings. The lowest BCUT2D eigenvalue weighted by molar-refractivity contribution is -0.119. The number of amides is 1. The highest BCUT2D eigenvalue weighted by molar-refractivity contribution is 14.1. The second-order valence-electron chi connectivity index (χ2n) is 4.88. The minimum atomic E-state index is -0.528. The Balaban J connectivity index is 1.61. The molecule has 1 heterocycles. The van der Waals surface area contributed by atoms with Crippen molar-refractivity contribution in [1.29, 1.82) is 0 Å². The molecule has 23 heavy (non-hydrogen) atoms. The van der Waals surface area contributed by atoms with Crippen molar-refractivity contribution in [2.24, 2.45) is 0 Å². The molecule has 1 aromatic heterocycles. The molecule has 0 saturated carbocycles. The SMILES string of the molecule is O=C(COC(=O)c1c[nH]c2ccccc12)Nc1cccc(I)c1. The molecule has 0 radical (unpaired) electrons. The molecule has 0 aliphatic carbocycles. The average molecular weight is 420 g/mol. The molecule has 0 fully saturated rings. The fraction of sp³-hybridized carbons (Fsp3) is 0.0588. The monoisotopic (exact) mass is 420 g/mol. The number of aromatic nitrogens is 1. The molecule has 0 unspecified atom stereocenters. The predicted octanol–water partition coefficient (Wildman–Crippen LogP) is 3.57. The van der Waals surface area contributed by atoms with Crippen molar-refractivity contribution in [1.82, 2.24) is 4.98 Å². The van der Waals surface area contributed by atoms with Gasteiger partial charge >= 0.3 is 5.97 Å². The Bertz CT molecular complexity index is 873. The molecule has 5 nitrogen and oxygen atoms in total. The third-order valence-electron chi connectivity index (χ3n) is 3.25. The number of anilines is 1. The molecule has 2 aromatic carbocycles. The summed E-state index contributed by atoms with van der Waals surface area (Å²) in [5, 5.41) is 3.47. The van der Waals surface area contributed by atoms with Crippen molar-refractivity contribution in [3.05, 3.63) is 63.9 Å². The summed E-state index contributed by atoms with van der Waals surface area (Å²) < 4.78 is 6.10. The van der Waals surface area contributed by atoms with Gasteiger partial charge < -0.3 is 15.0 Å². The van der Waals surface area contributed by atoms with Crippen LogP contribution in [-0.2, 0) is 9.53 Å². The standard InChI is InChI=1S/C17H13IN2O3/c18-11-4-3-5-12(8-11)20-16(21)10-23-17(22)14-9-19-15-7-2-1-6-13(14)15/h1-9,19H,10H2,(H,20,21). The molecule has 3 rings (SSSR count). The van der Waals surface area contributed by atoms with Crippen LogP contribution < -0.4 is 5.32 Å². The van der Waals surface area contributed by atoms with Crippen molar-refractivity contribution in [2.75, 3.05) is 11.9 Å². The number of aromatic amines is 1. The Morgan fingerprint density at radius 2 is 1.96 bits per heavy atom. The van der Waals surface area contributed by atoms with Crippen LogP contribution in [-0.4, -0.2) is 23.5 Å². The van der Waals surface area contributed by atoms with Gasteiger partial charge in [-0.3, -0.25) is 4.79 Å². The topological polar surface area (TPSA) is 71.2 Å². The molecule has 0 aliphatic rings. The number of carbonyl (C=O) groups excluding carboxylic acids is 2. The summed E-state index contributed by atoms with van der Waals surface area (Å²) in [7, 11) is 0. The van der Waals surface area contributed by atoms with Crippen molar-refractivity contribution in [3.63, 3.8) is 0 Å². The fourth-order valence-corrected chi connectivity index (χ4v) is 2.76. The molecule has 0 aliphatic heterocycles. The molecule has 0 bridgehead atoms. The van der Waals surface area contributed by atoms with E-state index in [0.29, 0.717) is 11.3 Å². The maximum absolute atomic E-state index is 12.1. The van der Waals surface area contributed by atoms with Crippen LogP contribution in [0.3, 0.4) is 0 Å². The number of carbonyl (C=O) groups is 2. The largest absolute Gasteiger partial charge is 0.452 e. The molecule has 1 amide bonds. The van der Waals surface area contributed by atoms with Gasteiger partial charge in [0.25, 0.3) is 5.91 Å². The zero-order valence-corrected chi connectivity index (χ0v) is 14.2. The van der Waals surface area contributed by atoms with Gasteiger partial charge in [-0.2, -0.15) is 0 Å². The van der Waals surface area contributed by atoms with E-state index in [1.807, 2.05) is 42.5 Å². The number of nitrogens with one attached hydrogen (secondary N) is 2. The van der Waals surface area contributed by atoms with Gasteiger partial charge in [-0.05, 0) is 46.9 Å². The first-order valence-corrected chi connectivity index (χ1v) is 8.00. The first-order valence-electron chi connectivity index (χ1n) is 6.92. The number of ether oxygens (including phenoxy) is 1. The van der Waals surface area contributed by atoms with Crippen LogP contribution in [0.15, 0.2) is 54.7 Å². The van der Waals surface area contributed by atoms with E-state index in [-0.39, 0.29) is 12.5 Å². The van der Waals surface area contributed by atoms with Crippen LogP contribution in [0.4, 0.5) is 5.69 Å². The average Bonchev–Trinajstić information content (AvgIpc) is 2.97. The van der Waals surface area contributed by atoms with Crippen molar-refractivity contribution in [2.45, 2.75) is 0 Å². The number of H-pyrrole nitrogens is 1.